The Kier molecular flexibility index (Phi) is 6.39. The van der Waals surface area contributed by atoms with Crippen molar-refractivity contribution in [1.29, 1.82) is 0 Å². The topological polar surface area (TPSA) is 37.3 Å². The minimum atomic E-state index is -0.568. The zero-order valence-electron chi connectivity index (χ0n) is 11.3. The van der Waals surface area contributed by atoms with Crippen LogP contribution in [0.15, 0.2) is 0 Å². The maximum Gasteiger partial charge on any atom is 0.306 e. The molecule has 100 valence electrons. The zero-order valence-corrected chi connectivity index (χ0v) is 12.1. The van der Waals surface area contributed by atoms with Crippen LogP contribution in [0.5, 0.6) is 0 Å². The molecule has 0 heterocycles. The molecule has 1 fully saturated rings. The van der Waals surface area contributed by atoms with Gasteiger partial charge in [-0.3, -0.25) is 4.79 Å². The quantitative estimate of drug-likeness (QED) is 0.734. The third-order valence-electron chi connectivity index (χ3n) is 4.21. The summed E-state index contributed by atoms with van der Waals surface area (Å²) in [6, 6.07) is 0. The van der Waals surface area contributed by atoms with Gasteiger partial charge in [-0.05, 0) is 61.9 Å². The van der Waals surface area contributed by atoms with Crippen LogP contribution in [0.4, 0.5) is 0 Å². The predicted molar refractivity (Wildman–Crippen MR) is 74.4 cm³/mol. The van der Waals surface area contributed by atoms with Crippen molar-refractivity contribution in [1.82, 2.24) is 0 Å². The van der Waals surface area contributed by atoms with Gasteiger partial charge >= 0.3 is 5.97 Å². The van der Waals surface area contributed by atoms with Gasteiger partial charge in [-0.1, -0.05) is 13.8 Å². The Labute approximate surface area is 110 Å². The average Bonchev–Trinajstić information content (AvgIpc) is 2.28. The molecule has 0 saturated heterocycles. The Morgan fingerprint density at radius 3 is 2.65 bits per heavy atom. The van der Waals surface area contributed by atoms with E-state index in [-0.39, 0.29) is 5.92 Å². The number of hydrogen-bond acceptors (Lipinski definition) is 2. The van der Waals surface area contributed by atoms with Crippen LogP contribution in [0.3, 0.4) is 0 Å². The van der Waals surface area contributed by atoms with Gasteiger partial charge in [-0.2, -0.15) is 11.8 Å². The summed E-state index contributed by atoms with van der Waals surface area (Å²) in [6.45, 7) is 4.54. The van der Waals surface area contributed by atoms with E-state index >= 15 is 0 Å². The summed E-state index contributed by atoms with van der Waals surface area (Å²) in [5, 5.41) is 9.28. The maximum atomic E-state index is 11.3. The summed E-state index contributed by atoms with van der Waals surface area (Å²) >= 11 is 1.86. The highest BCUT2D eigenvalue weighted by molar-refractivity contribution is 7.98. The number of thioether (sulfide) groups is 1. The molecule has 17 heavy (non-hydrogen) atoms. The molecule has 0 aromatic carbocycles. The fourth-order valence-corrected chi connectivity index (χ4v) is 3.50. The van der Waals surface area contributed by atoms with Gasteiger partial charge in [0, 0.05) is 0 Å². The molecule has 1 N–H and O–H groups in total. The van der Waals surface area contributed by atoms with Crippen LogP contribution in [0.2, 0.25) is 0 Å². The predicted octanol–water partition coefficient (Wildman–Crippen LogP) is 3.90. The van der Waals surface area contributed by atoms with Crippen molar-refractivity contribution in [3.63, 3.8) is 0 Å². The van der Waals surface area contributed by atoms with Crippen molar-refractivity contribution < 1.29 is 9.90 Å². The monoisotopic (exact) mass is 258 g/mol. The normalized spacial score (nSPS) is 29.5. The molecule has 3 unspecified atom stereocenters. The second-order valence-corrected chi connectivity index (χ2v) is 6.64. The molecule has 0 aliphatic heterocycles. The van der Waals surface area contributed by atoms with Crippen molar-refractivity contribution in [3.05, 3.63) is 0 Å². The zero-order chi connectivity index (χ0) is 12.8. The van der Waals surface area contributed by atoms with Gasteiger partial charge in [0.15, 0.2) is 0 Å². The Balaban J connectivity index is 2.53. The summed E-state index contributed by atoms with van der Waals surface area (Å²) in [5.41, 5.74) is 0. The van der Waals surface area contributed by atoms with Crippen LogP contribution in [0, 0.1) is 23.7 Å². The van der Waals surface area contributed by atoms with Gasteiger partial charge in [0.2, 0.25) is 0 Å². The van der Waals surface area contributed by atoms with Crippen LogP contribution in [-0.2, 0) is 4.79 Å². The summed E-state index contributed by atoms with van der Waals surface area (Å²) in [7, 11) is 0. The Bertz CT molecular complexity index is 240. The van der Waals surface area contributed by atoms with Crippen molar-refractivity contribution in [2.24, 2.45) is 23.7 Å². The second-order valence-electron chi connectivity index (χ2n) is 5.66. The molecule has 0 radical (unpaired) electrons. The Morgan fingerprint density at radius 1 is 1.41 bits per heavy atom. The van der Waals surface area contributed by atoms with Crippen molar-refractivity contribution in [2.75, 3.05) is 12.0 Å². The number of carboxylic acid groups (broad SMARTS) is 1. The van der Waals surface area contributed by atoms with E-state index in [1.807, 2.05) is 11.8 Å². The standard InChI is InChI=1S/C14H26O2S/c1-10(2)11-6-7-13(14(15)16)12(9-11)5-4-8-17-3/h10-13H,4-9H2,1-3H3,(H,15,16). The van der Waals surface area contributed by atoms with Gasteiger partial charge in [-0.15, -0.1) is 0 Å². The van der Waals surface area contributed by atoms with Gasteiger partial charge in [0.05, 0.1) is 5.92 Å². The van der Waals surface area contributed by atoms with Gasteiger partial charge < -0.3 is 5.11 Å². The molecule has 1 saturated carbocycles. The first-order valence-electron chi connectivity index (χ1n) is 6.78. The third kappa shape index (κ3) is 4.53. The lowest BCUT2D eigenvalue weighted by atomic mass is 9.69. The lowest BCUT2D eigenvalue weighted by molar-refractivity contribution is -0.145. The first kappa shape index (κ1) is 14.9. The van der Waals surface area contributed by atoms with Gasteiger partial charge in [0.1, 0.15) is 0 Å². The average molecular weight is 258 g/mol. The highest BCUT2D eigenvalue weighted by atomic mass is 32.2. The number of carbonyl (C=O) groups is 1. The maximum absolute atomic E-state index is 11.3. The van der Waals surface area contributed by atoms with Crippen molar-refractivity contribution >= 4 is 17.7 Å². The van der Waals surface area contributed by atoms with E-state index < -0.39 is 5.97 Å². The number of carboxylic acids is 1. The number of hydrogen-bond donors (Lipinski definition) is 1. The molecule has 1 aliphatic carbocycles. The molecule has 0 aromatic rings. The van der Waals surface area contributed by atoms with E-state index in [0.29, 0.717) is 11.8 Å². The lowest BCUT2D eigenvalue weighted by Gasteiger charge is -2.36. The Morgan fingerprint density at radius 2 is 2.12 bits per heavy atom. The first-order valence-corrected chi connectivity index (χ1v) is 8.17. The molecule has 1 rings (SSSR count). The number of aliphatic carboxylic acids is 1. The molecule has 0 amide bonds. The van der Waals surface area contributed by atoms with E-state index in [1.54, 1.807) is 0 Å². The molecular weight excluding hydrogens is 232 g/mol. The summed E-state index contributed by atoms with van der Waals surface area (Å²) in [5.74, 6) is 2.38. The molecule has 1 aliphatic rings. The van der Waals surface area contributed by atoms with Crippen molar-refractivity contribution in [3.8, 4) is 0 Å². The molecule has 0 aromatic heterocycles. The second kappa shape index (κ2) is 7.30. The molecule has 3 atom stereocenters. The van der Waals surface area contributed by atoms with E-state index in [9.17, 15) is 9.90 Å². The van der Waals surface area contributed by atoms with E-state index in [4.69, 9.17) is 0 Å². The summed E-state index contributed by atoms with van der Waals surface area (Å²) < 4.78 is 0. The van der Waals surface area contributed by atoms with E-state index in [1.165, 1.54) is 6.42 Å². The SMILES string of the molecule is CSCCCC1CC(C(C)C)CCC1C(=O)O. The van der Waals surface area contributed by atoms with Crippen LogP contribution in [0.1, 0.15) is 46.0 Å². The molecule has 0 bridgehead atoms. The third-order valence-corrected chi connectivity index (χ3v) is 4.90. The van der Waals surface area contributed by atoms with Crippen LogP contribution in [0.25, 0.3) is 0 Å². The molecular formula is C14H26O2S. The van der Waals surface area contributed by atoms with Crippen molar-refractivity contribution in [2.45, 2.75) is 46.0 Å². The molecule has 2 nitrogen and oxygen atoms in total. The van der Waals surface area contributed by atoms with Gasteiger partial charge in [-0.25, -0.2) is 0 Å². The molecule has 0 spiro atoms. The molecule has 3 heteroatoms. The summed E-state index contributed by atoms with van der Waals surface area (Å²) in [4.78, 5) is 11.3. The smallest absolute Gasteiger partial charge is 0.306 e. The first-order chi connectivity index (χ1) is 8.06. The van der Waals surface area contributed by atoms with Crippen LogP contribution in [-0.4, -0.2) is 23.1 Å². The van der Waals surface area contributed by atoms with Crippen LogP contribution < -0.4 is 0 Å². The van der Waals surface area contributed by atoms with Gasteiger partial charge in [0.25, 0.3) is 0 Å². The van der Waals surface area contributed by atoms with E-state index in [2.05, 4.69) is 20.1 Å². The Hall–Kier alpha value is -0.180. The summed E-state index contributed by atoms with van der Waals surface area (Å²) in [6.07, 6.45) is 7.51. The highest BCUT2D eigenvalue weighted by Gasteiger charge is 2.35. The largest absolute Gasteiger partial charge is 0.481 e. The fraction of sp³-hybridized carbons (Fsp3) is 0.929. The lowest BCUT2D eigenvalue weighted by Crippen LogP contribution is -2.32. The highest BCUT2D eigenvalue weighted by Crippen LogP contribution is 2.39. The number of rotatable bonds is 6. The minimum Gasteiger partial charge on any atom is -0.481 e. The van der Waals surface area contributed by atoms with Crippen LogP contribution >= 0.6 is 11.8 Å². The fourth-order valence-electron chi connectivity index (χ4n) is 3.04. The minimum absolute atomic E-state index is 0.0770. The van der Waals surface area contributed by atoms with E-state index in [0.717, 1.165) is 37.4 Å².